The van der Waals surface area contributed by atoms with E-state index in [9.17, 15) is 9.59 Å². The Kier molecular flexibility index (Phi) is 3.18. The summed E-state index contributed by atoms with van der Waals surface area (Å²) in [6.07, 6.45) is 2.11. The third kappa shape index (κ3) is 2.58. The van der Waals surface area contributed by atoms with Gasteiger partial charge in [-0.2, -0.15) is 0 Å². The molecule has 0 aliphatic heterocycles. The lowest BCUT2D eigenvalue weighted by Crippen LogP contribution is -2.25. The average Bonchev–Trinajstić information content (AvgIpc) is 3.12. The molecule has 1 fully saturated rings. The van der Waals surface area contributed by atoms with Crippen molar-refractivity contribution >= 4 is 11.8 Å². The highest BCUT2D eigenvalue weighted by Crippen LogP contribution is 2.29. The lowest BCUT2D eigenvalue weighted by Gasteiger charge is -2.14. The van der Waals surface area contributed by atoms with Gasteiger partial charge in [-0.1, -0.05) is 0 Å². The van der Waals surface area contributed by atoms with Crippen LogP contribution in [0.5, 0.6) is 5.75 Å². The number of pyridine rings is 1. The lowest BCUT2D eigenvalue weighted by atomic mass is 10.2. The Balaban J connectivity index is 2.38. The number of ether oxygens (including phenoxy) is 1. The van der Waals surface area contributed by atoms with Gasteiger partial charge in [0.1, 0.15) is 5.69 Å². The molecule has 1 heterocycles. The van der Waals surface area contributed by atoms with Crippen LogP contribution in [0.15, 0.2) is 12.1 Å². The molecule has 18 heavy (non-hydrogen) atoms. The summed E-state index contributed by atoms with van der Waals surface area (Å²) in [7, 11) is 3.23. The number of carbonyl (C=O) groups is 2. The number of rotatable bonds is 4. The number of primary amides is 1. The molecule has 2 rings (SSSR count). The van der Waals surface area contributed by atoms with Crippen molar-refractivity contribution in [3.05, 3.63) is 23.5 Å². The molecule has 2 N–H and O–H groups in total. The van der Waals surface area contributed by atoms with Crippen molar-refractivity contribution in [2.24, 2.45) is 5.73 Å². The predicted octanol–water partition coefficient (Wildman–Crippen LogP) is 0.423. The van der Waals surface area contributed by atoms with Crippen LogP contribution in [0.2, 0.25) is 0 Å². The number of nitrogens with zero attached hydrogens (tertiary/aromatic N) is 2. The summed E-state index contributed by atoms with van der Waals surface area (Å²) in [5, 5.41) is 0. The van der Waals surface area contributed by atoms with Gasteiger partial charge in [0.2, 0.25) is 0 Å². The molecule has 1 aromatic rings. The van der Waals surface area contributed by atoms with E-state index in [4.69, 9.17) is 10.5 Å². The Bertz CT molecular complexity index is 495. The Morgan fingerprint density at radius 1 is 1.39 bits per heavy atom. The maximum absolute atomic E-state index is 12.0. The zero-order valence-corrected chi connectivity index (χ0v) is 10.3. The highest BCUT2D eigenvalue weighted by molar-refractivity contribution is 5.97. The Labute approximate surface area is 105 Å². The Morgan fingerprint density at radius 3 is 2.56 bits per heavy atom. The molecule has 6 nitrogen and oxygen atoms in total. The molecule has 0 radical (unpaired) electrons. The maximum Gasteiger partial charge on any atom is 0.275 e. The minimum absolute atomic E-state index is 0.0587. The molecule has 0 aromatic carbocycles. The maximum atomic E-state index is 12.0. The van der Waals surface area contributed by atoms with Crippen molar-refractivity contribution in [3.63, 3.8) is 0 Å². The van der Waals surface area contributed by atoms with Gasteiger partial charge in [-0.3, -0.25) is 9.59 Å². The normalized spacial score (nSPS) is 14.1. The van der Waals surface area contributed by atoms with Crippen molar-refractivity contribution < 1.29 is 14.3 Å². The number of carbonyl (C=O) groups excluding carboxylic acids is 2. The molecule has 0 spiro atoms. The second-order valence-electron chi connectivity index (χ2n) is 4.42. The largest absolute Gasteiger partial charge is 0.488 e. The lowest BCUT2D eigenvalue weighted by molar-refractivity contribution is 0.0816. The fraction of sp³-hybridized carbons (Fsp3) is 0.417. The van der Waals surface area contributed by atoms with Crippen LogP contribution in [0.4, 0.5) is 0 Å². The molecule has 1 saturated carbocycles. The fourth-order valence-electron chi connectivity index (χ4n) is 1.41. The van der Waals surface area contributed by atoms with Gasteiger partial charge in [0.05, 0.1) is 6.10 Å². The Morgan fingerprint density at radius 2 is 2.06 bits per heavy atom. The monoisotopic (exact) mass is 249 g/mol. The number of hydrogen-bond acceptors (Lipinski definition) is 4. The predicted molar refractivity (Wildman–Crippen MR) is 64.4 cm³/mol. The summed E-state index contributed by atoms with van der Waals surface area (Å²) >= 11 is 0. The van der Waals surface area contributed by atoms with E-state index in [1.807, 2.05) is 0 Å². The first kappa shape index (κ1) is 12.3. The van der Waals surface area contributed by atoms with Crippen molar-refractivity contribution in [3.8, 4) is 5.75 Å². The van der Waals surface area contributed by atoms with Gasteiger partial charge in [0.25, 0.3) is 11.8 Å². The first-order valence-electron chi connectivity index (χ1n) is 5.68. The van der Waals surface area contributed by atoms with Crippen molar-refractivity contribution in [2.75, 3.05) is 14.1 Å². The molecule has 0 saturated heterocycles. The quantitative estimate of drug-likeness (QED) is 0.838. The van der Waals surface area contributed by atoms with Crippen molar-refractivity contribution in [1.29, 1.82) is 0 Å². The number of amides is 2. The molecular formula is C12H15N3O3. The molecule has 1 aliphatic rings. The minimum Gasteiger partial charge on any atom is -0.488 e. The molecule has 1 aliphatic carbocycles. The number of hydrogen-bond donors (Lipinski definition) is 1. The van der Waals surface area contributed by atoms with Gasteiger partial charge in [0, 0.05) is 14.1 Å². The van der Waals surface area contributed by atoms with Crippen molar-refractivity contribution in [2.45, 2.75) is 18.9 Å². The molecule has 2 amide bonds. The molecule has 0 atom stereocenters. The molecule has 0 bridgehead atoms. The SMILES string of the molecule is CN(C)C(=O)c1nc(C(N)=O)ccc1OC1CC1. The van der Waals surface area contributed by atoms with E-state index in [0.717, 1.165) is 12.8 Å². The topological polar surface area (TPSA) is 85.5 Å². The standard InChI is InChI=1S/C12H15N3O3/c1-15(2)12(17)10-9(18-7-3-4-7)6-5-8(14-10)11(13)16/h5-7H,3-4H2,1-2H3,(H2,13,16). The van der Waals surface area contributed by atoms with Gasteiger partial charge < -0.3 is 15.4 Å². The van der Waals surface area contributed by atoms with Crippen LogP contribution in [-0.4, -0.2) is 41.9 Å². The number of nitrogens with two attached hydrogens (primary N) is 1. The Hall–Kier alpha value is -2.11. The number of aromatic nitrogens is 1. The third-order valence-corrected chi connectivity index (χ3v) is 2.54. The van der Waals surface area contributed by atoms with Gasteiger partial charge in [-0.15, -0.1) is 0 Å². The molecule has 6 heteroatoms. The minimum atomic E-state index is -0.666. The van der Waals surface area contributed by atoms with E-state index >= 15 is 0 Å². The summed E-state index contributed by atoms with van der Waals surface area (Å²) in [5.41, 5.74) is 5.34. The molecule has 96 valence electrons. The van der Waals surface area contributed by atoms with Gasteiger partial charge in [-0.25, -0.2) is 4.98 Å². The van der Waals surface area contributed by atoms with E-state index in [-0.39, 0.29) is 23.4 Å². The molecular weight excluding hydrogens is 234 g/mol. The van der Waals surface area contributed by atoms with Crippen LogP contribution in [0.25, 0.3) is 0 Å². The smallest absolute Gasteiger partial charge is 0.275 e. The van der Waals surface area contributed by atoms with E-state index in [0.29, 0.717) is 5.75 Å². The summed E-state index contributed by atoms with van der Waals surface area (Å²) in [4.78, 5) is 28.4. The van der Waals surface area contributed by atoms with E-state index in [1.54, 1.807) is 20.2 Å². The highest BCUT2D eigenvalue weighted by atomic mass is 16.5. The summed E-state index contributed by atoms with van der Waals surface area (Å²) in [5.74, 6) is -0.573. The van der Waals surface area contributed by atoms with Crippen LogP contribution < -0.4 is 10.5 Å². The zero-order valence-electron chi connectivity index (χ0n) is 10.3. The first-order chi connectivity index (χ1) is 8.49. The van der Waals surface area contributed by atoms with Crippen molar-refractivity contribution in [1.82, 2.24) is 9.88 Å². The fourth-order valence-corrected chi connectivity index (χ4v) is 1.41. The summed E-state index contributed by atoms with van der Waals surface area (Å²) in [6, 6.07) is 3.04. The average molecular weight is 249 g/mol. The van der Waals surface area contributed by atoms with Gasteiger partial charge in [0.15, 0.2) is 11.4 Å². The third-order valence-electron chi connectivity index (χ3n) is 2.54. The molecule has 1 aromatic heterocycles. The summed E-state index contributed by atoms with van der Waals surface area (Å²) in [6.45, 7) is 0. The van der Waals surface area contributed by atoms with Gasteiger partial charge in [-0.05, 0) is 25.0 Å². The molecule has 0 unspecified atom stereocenters. The second-order valence-corrected chi connectivity index (χ2v) is 4.42. The van der Waals surface area contributed by atoms with Gasteiger partial charge >= 0.3 is 0 Å². The van der Waals surface area contributed by atoms with Crippen LogP contribution in [0.1, 0.15) is 33.8 Å². The van der Waals surface area contributed by atoms with E-state index < -0.39 is 5.91 Å². The van der Waals surface area contributed by atoms with E-state index in [2.05, 4.69) is 4.98 Å². The highest BCUT2D eigenvalue weighted by Gasteiger charge is 2.27. The van der Waals surface area contributed by atoms with Crippen LogP contribution in [0.3, 0.4) is 0 Å². The zero-order chi connectivity index (χ0) is 13.3. The van der Waals surface area contributed by atoms with Crippen LogP contribution in [0, 0.1) is 0 Å². The van der Waals surface area contributed by atoms with Crippen LogP contribution in [-0.2, 0) is 0 Å². The summed E-state index contributed by atoms with van der Waals surface area (Å²) < 4.78 is 5.60. The second kappa shape index (κ2) is 4.64. The van der Waals surface area contributed by atoms with E-state index in [1.165, 1.54) is 11.0 Å². The first-order valence-corrected chi connectivity index (χ1v) is 5.68. The van der Waals surface area contributed by atoms with Crippen LogP contribution >= 0.6 is 0 Å².